The van der Waals surface area contributed by atoms with E-state index in [1.807, 2.05) is 0 Å². The summed E-state index contributed by atoms with van der Waals surface area (Å²) < 4.78 is 4.86. The highest BCUT2D eigenvalue weighted by atomic mass is 35.5. The molecule has 1 heterocycles. The monoisotopic (exact) mass is 467 g/mol. The van der Waals surface area contributed by atoms with Gasteiger partial charge in [0.05, 0.1) is 23.4 Å². The van der Waals surface area contributed by atoms with Crippen molar-refractivity contribution in [3.05, 3.63) is 49.8 Å². The molecule has 0 aliphatic heterocycles. The van der Waals surface area contributed by atoms with Crippen LogP contribution in [-0.4, -0.2) is 30.6 Å². The average Bonchev–Trinajstić information content (AvgIpc) is 3.08. The summed E-state index contributed by atoms with van der Waals surface area (Å²) in [6.45, 7) is 1.63. The third kappa shape index (κ3) is 4.83. The number of carbonyl (C=O) groups is 3. The molecule has 0 fully saturated rings. The minimum atomic E-state index is -0.971. The molecule has 0 saturated carbocycles. The van der Waals surface area contributed by atoms with Crippen LogP contribution < -0.4 is 10.7 Å². The maximum Gasteiger partial charge on any atom is 0.341 e. The standard InChI is InChI=1S/C20H19Cl2N3O4S/c1-10(12-8-7-11(21)9-14(12)22)24-25-18(27)17(26)23-19-16(20(28)29-2)13-5-3-4-6-15(13)30-19/h7-9H,3-6H2,1-2H3,(H,23,26)(H,25,27)/b24-10+. The zero-order valence-corrected chi connectivity index (χ0v) is 18.6. The van der Waals surface area contributed by atoms with Crippen LogP contribution in [0.1, 0.15) is 46.1 Å². The number of halogens is 2. The number of aryl methyl sites for hydroxylation is 1. The molecule has 0 spiro atoms. The van der Waals surface area contributed by atoms with E-state index in [-0.39, 0.29) is 0 Å². The highest BCUT2D eigenvalue weighted by Gasteiger charge is 2.28. The molecule has 1 aromatic heterocycles. The number of nitrogens with one attached hydrogen (secondary N) is 2. The van der Waals surface area contributed by atoms with E-state index < -0.39 is 17.8 Å². The molecule has 0 bridgehead atoms. The van der Waals surface area contributed by atoms with Gasteiger partial charge in [0.1, 0.15) is 5.00 Å². The Balaban J connectivity index is 1.74. The van der Waals surface area contributed by atoms with E-state index >= 15 is 0 Å². The molecule has 2 aromatic rings. The summed E-state index contributed by atoms with van der Waals surface area (Å²) in [5.74, 6) is -2.43. The number of amides is 2. The van der Waals surface area contributed by atoms with E-state index in [0.717, 1.165) is 36.1 Å². The number of nitrogens with zero attached hydrogens (tertiary/aromatic N) is 1. The molecule has 2 amide bonds. The first-order valence-corrected chi connectivity index (χ1v) is 10.7. The summed E-state index contributed by atoms with van der Waals surface area (Å²) >= 11 is 13.3. The molecule has 1 aliphatic carbocycles. The van der Waals surface area contributed by atoms with E-state index in [1.54, 1.807) is 25.1 Å². The van der Waals surface area contributed by atoms with Gasteiger partial charge in [0, 0.05) is 15.5 Å². The quantitative estimate of drug-likeness (QED) is 0.304. The SMILES string of the molecule is COC(=O)c1c(NC(=O)C(=O)N/N=C(\C)c2ccc(Cl)cc2Cl)sc2c1CCCC2. The molecule has 10 heteroatoms. The van der Waals surface area contributed by atoms with E-state index in [0.29, 0.717) is 31.9 Å². The minimum absolute atomic E-state index is 0.315. The van der Waals surface area contributed by atoms with E-state index in [1.165, 1.54) is 18.4 Å². The predicted molar refractivity (Wildman–Crippen MR) is 118 cm³/mol. The summed E-state index contributed by atoms with van der Waals surface area (Å²) in [6.07, 6.45) is 3.55. The number of methoxy groups -OCH3 is 1. The third-order valence-electron chi connectivity index (χ3n) is 4.64. The molecular weight excluding hydrogens is 449 g/mol. The lowest BCUT2D eigenvalue weighted by atomic mass is 9.95. The zero-order valence-electron chi connectivity index (χ0n) is 16.3. The number of hydrogen-bond acceptors (Lipinski definition) is 6. The number of thiophene rings is 1. The molecule has 0 unspecified atom stereocenters. The van der Waals surface area contributed by atoms with Crippen LogP contribution in [0.3, 0.4) is 0 Å². The van der Waals surface area contributed by atoms with Crippen molar-refractivity contribution in [1.82, 2.24) is 5.43 Å². The van der Waals surface area contributed by atoms with E-state index in [9.17, 15) is 14.4 Å². The second kappa shape index (κ2) is 9.59. The number of esters is 1. The topological polar surface area (TPSA) is 96.9 Å². The number of hydrogen-bond donors (Lipinski definition) is 2. The highest BCUT2D eigenvalue weighted by molar-refractivity contribution is 7.17. The average molecular weight is 468 g/mol. The maximum absolute atomic E-state index is 12.4. The van der Waals surface area contributed by atoms with Crippen LogP contribution in [0.2, 0.25) is 10.0 Å². The Morgan fingerprint density at radius 3 is 2.57 bits per heavy atom. The number of carbonyl (C=O) groups excluding carboxylic acids is 3. The van der Waals surface area contributed by atoms with E-state index in [4.69, 9.17) is 27.9 Å². The lowest BCUT2D eigenvalue weighted by molar-refractivity contribution is -0.136. The second-order valence-electron chi connectivity index (χ2n) is 6.62. The Morgan fingerprint density at radius 1 is 1.13 bits per heavy atom. The summed E-state index contributed by atoms with van der Waals surface area (Å²) in [7, 11) is 1.28. The molecule has 0 atom stereocenters. The second-order valence-corrected chi connectivity index (χ2v) is 8.57. The summed E-state index contributed by atoms with van der Waals surface area (Å²) in [6, 6.07) is 4.86. The first-order valence-electron chi connectivity index (χ1n) is 9.15. The van der Waals surface area contributed by atoms with Crippen molar-refractivity contribution in [3.63, 3.8) is 0 Å². The Kier molecular flexibility index (Phi) is 7.12. The maximum atomic E-state index is 12.4. The Labute approximate surface area is 187 Å². The van der Waals surface area contributed by atoms with Crippen molar-refractivity contribution in [3.8, 4) is 0 Å². The van der Waals surface area contributed by atoms with Crippen LogP contribution >= 0.6 is 34.5 Å². The molecule has 0 saturated heterocycles. The van der Waals surface area contributed by atoms with Crippen LogP contribution in [0.5, 0.6) is 0 Å². The van der Waals surface area contributed by atoms with Gasteiger partial charge in [-0.2, -0.15) is 5.10 Å². The first-order chi connectivity index (χ1) is 14.3. The molecule has 7 nitrogen and oxygen atoms in total. The van der Waals surface area contributed by atoms with Crippen molar-refractivity contribution in [2.45, 2.75) is 32.6 Å². The Morgan fingerprint density at radius 2 is 1.87 bits per heavy atom. The largest absolute Gasteiger partial charge is 0.465 e. The van der Waals surface area contributed by atoms with Gasteiger partial charge in [-0.15, -0.1) is 11.3 Å². The number of fused-ring (bicyclic) bond motifs is 1. The number of benzene rings is 1. The molecule has 1 aromatic carbocycles. The first kappa shape index (κ1) is 22.3. The predicted octanol–water partition coefficient (Wildman–Crippen LogP) is 4.20. The third-order valence-corrected chi connectivity index (χ3v) is 6.40. The van der Waals surface area contributed by atoms with Crippen LogP contribution in [0.4, 0.5) is 5.00 Å². The number of hydrazone groups is 1. The van der Waals surface area contributed by atoms with Gasteiger partial charge in [0.15, 0.2) is 0 Å². The molecule has 2 N–H and O–H groups in total. The van der Waals surface area contributed by atoms with Gasteiger partial charge in [-0.3, -0.25) is 9.59 Å². The lowest BCUT2D eigenvalue weighted by Gasteiger charge is -2.11. The zero-order chi connectivity index (χ0) is 21.8. The van der Waals surface area contributed by atoms with Gasteiger partial charge < -0.3 is 10.1 Å². The Bertz CT molecular complexity index is 1050. The van der Waals surface area contributed by atoms with Crippen LogP contribution in [0, 0.1) is 0 Å². The molecule has 1 aliphatic rings. The minimum Gasteiger partial charge on any atom is -0.465 e. The van der Waals surface area contributed by atoms with Crippen LogP contribution in [-0.2, 0) is 27.2 Å². The Hall–Kier alpha value is -2.42. The fourth-order valence-electron chi connectivity index (χ4n) is 3.16. The summed E-state index contributed by atoms with van der Waals surface area (Å²) in [5, 5.41) is 7.60. The van der Waals surface area contributed by atoms with Crippen molar-refractivity contribution < 1.29 is 19.1 Å². The number of rotatable bonds is 4. The fraction of sp³-hybridized carbons (Fsp3) is 0.300. The number of ether oxygens (including phenoxy) is 1. The molecule has 30 heavy (non-hydrogen) atoms. The van der Waals surface area contributed by atoms with Gasteiger partial charge in [0.2, 0.25) is 0 Å². The molecule has 3 rings (SSSR count). The van der Waals surface area contributed by atoms with Gasteiger partial charge in [0.25, 0.3) is 0 Å². The number of anilines is 1. The normalized spacial score (nSPS) is 13.4. The molecule has 158 valence electrons. The van der Waals surface area contributed by atoms with Gasteiger partial charge >= 0.3 is 17.8 Å². The van der Waals surface area contributed by atoms with Crippen molar-refractivity contribution >= 4 is 63.0 Å². The van der Waals surface area contributed by atoms with Crippen LogP contribution in [0.25, 0.3) is 0 Å². The van der Waals surface area contributed by atoms with Gasteiger partial charge in [-0.1, -0.05) is 29.3 Å². The highest BCUT2D eigenvalue weighted by Crippen LogP contribution is 2.38. The lowest BCUT2D eigenvalue weighted by Crippen LogP contribution is -2.33. The summed E-state index contributed by atoms with van der Waals surface area (Å²) in [4.78, 5) is 37.9. The van der Waals surface area contributed by atoms with Crippen molar-refractivity contribution in [2.24, 2.45) is 5.10 Å². The van der Waals surface area contributed by atoms with E-state index in [2.05, 4.69) is 15.8 Å². The smallest absolute Gasteiger partial charge is 0.341 e. The fourth-order valence-corrected chi connectivity index (χ4v) is 4.98. The van der Waals surface area contributed by atoms with Crippen LogP contribution in [0.15, 0.2) is 23.3 Å². The van der Waals surface area contributed by atoms with Gasteiger partial charge in [-0.05, 0) is 50.3 Å². The molecule has 0 radical (unpaired) electrons. The van der Waals surface area contributed by atoms with Gasteiger partial charge in [-0.25, -0.2) is 10.2 Å². The molecular formula is C20H19Cl2N3O4S. The van der Waals surface area contributed by atoms with Crippen molar-refractivity contribution in [2.75, 3.05) is 12.4 Å². The van der Waals surface area contributed by atoms with Crippen molar-refractivity contribution in [1.29, 1.82) is 0 Å². The summed E-state index contributed by atoms with van der Waals surface area (Å²) in [5.41, 5.74) is 4.39.